The molecule has 3 N–H and O–H groups in total. The van der Waals surface area contributed by atoms with Crippen LogP contribution in [0.4, 0.5) is 13.2 Å². The third-order valence-electron chi connectivity index (χ3n) is 1.83. The van der Waals surface area contributed by atoms with Crippen molar-refractivity contribution in [2.24, 2.45) is 5.92 Å². The molecule has 2 amide bonds. The van der Waals surface area contributed by atoms with Crippen molar-refractivity contribution >= 4 is 17.8 Å². The van der Waals surface area contributed by atoms with Gasteiger partial charge >= 0.3 is 12.1 Å². The zero-order valence-corrected chi connectivity index (χ0v) is 9.50. The lowest BCUT2D eigenvalue weighted by Gasteiger charge is -2.10. The van der Waals surface area contributed by atoms with Gasteiger partial charge in [-0.05, 0) is 0 Å². The molecule has 0 saturated heterocycles. The maximum atomic E-state index is 11.7. The van der Waals surface area contributed by atoms with Crippen LogP contribution in [0.1, 0.15) is 13.3 Å². The highest BCUT2D eigenvalue weighted by atomic mass is 19.4. The molecule has 1 unspecified atom stereocenters. The molecule has 0 bridgehead atoms. The Balaban J connectivity index is 3.88. The van der Waals surface area contributed by atoms with Crippen LogP contribution < -0.4 is 10.6 Å². The van der Waals surface area contributed by atoms with Crippen molar-refractivity contribution < 1.29 is 32.7 Å². The Morgan fingerprint density at radius 3 is 2.11 bits per heavy atom. The van der Waals surface area contributed by atoms with Crippen LogP contribution in [0.5, 0.6) is 0 Å². The molecule has 0 aromatic rings. The number of nitrogens with one attached hydrogen (secondary N) is 2. The monoisotopic (exact) mass is 270 g/mol. The number of carboxylic acid groups (broad SMARTS) is 1. The van der Waals surface area contributed by atoms with E-state index >= 15 is 0 Å². The molecule has 0 radical (unpaired) electrons. The molecule has 0 aromatic heterocycles. The van der Waals surface area contributed by atoms with E-state index in [2.05, 4.69) is 5.32 Å². The van der Waals surface area contributed by atoms with Gasteiger partial charge in [-0.25, -0.2) is 0 Å². The summed E-state index contributed by atoms with van der Waals surface area (Å²) in [7, 11) is 0. The van der Waals surface area contributed by atoms with Crippen molar-refractivity contribution in [3.05, 3.63) is 0 Å². The van der Waals surface area contributed by atoms with Crippen LogP contribution in [0.15, 0.2) is 0 Å². The number of alkyl halides is 3. The van der Waals surface area contributed by atoms with Crippen LogP contribution in [0.2, 0.25) is 0 Å². The van der Waals surface area contributed by atoms with Crippen LogP contribution in [0.3, 0.4) is 0 Å². The standard InChI is InChI=1S/C9H13F3N2O4/c1-5(8(17)18)3-13-6(15)2-7(16)14-4-9(10,11)12/h5H,2-4H2,1H3,(H,13,15)(H,14,16)(H,17,18). The quantitative estimate of drug-likeness (QED) is 0.587. The summed E-state index contributed by atoms with van der Waals surface area (Å²) >= 11 is 0. The van der Waals surface area contributed by atoms with E-state index in [0.29, 0.717) is 0 Å². The number of carbonyl (C=O) groups excluding carboxylic acids is 2. The van der Waals surface area contributed by atoms with Crippen LogP contribution >= 0.6 is 0 Å². The molecule has 0 saturated carbocycles. The molecule has 0 spiro atoms. The first-order valence-corrected chi connectivity index (χ1v) is 4.94. The van der Waals surface area contributed by atoms with E-state index in [0.717, 1.165) is 0 Å². The van der Waals surface area contributed by atoms with Gasteiger partial charge in [0.1, 0.15) is 13.0 Å². The van der Waals surface area contributed by atoms with E-state index < -0.39 is 42.8 Å². The Morgan fingerprint density at radius 2 is 1.67 bits per heavy atom. The van der Waals surface area contributed by atoms with Gasteiger partial charge in [-0.2, -0.15) is 13.2 Å². The molecule has 6 nitrogen and oxygen atoms in total. The first-order valence-electron chi connectivity index (χ1n) is 4.94. The fourth-order valence-corrected chi connectivity index (χ4v) is 0.824. The van der Waals surface area contributed by atoms with E-state index in [-0.39, 0.29) is 6.54 Å². The summed E-state index contributed by atoms with van der Waals surface area (Å²) in [5.41, 5.74) is 0. The second kappa shape index (κ2) is 6.82. The second-order valence-electron chi connectivity index (χ2n) is 3.61. The molecule has 9 heteroatoms. The summed E-state index contributed by atoms with van der Waals surface area (Å²) in [6.07, 6.45) is -5.31. The summed E-state index contributed by atoms with van der Waals surface area (Å²) < 4.78 is 35.1. The molecule has 0 aromatic carbocycles. The maximum Gasteiger partial charge on any atom is 0.405 e. The number of hydrogen-bond donors (Lipinski definition) is 3. The van der Waals surface area contributed by atoms with Crippen LogP contribution in [-0.2, 0) is 14.4 Å². The molecule has 0 aliphatic rings. The SMILES string of the molecule is CC(CNC(=O)CC(=O)NCC(F)(F)F)C(=O)O. The average Bonchev–Trinajstić information content (AvgIpc) is 2.22. The predicted octanol–water partition coefficient (Wildman–Crippen LogP) is -0.108. The van der Waals surface area contributed by atoms with E-state index in [9.17, 15) is 27.6 Å². The van der Waals surface area contributed by atoms with Crippen LogP contribution in [0, 0.1) is 5.92 Å². The van der Waals surface area contributed by atoms with Crippen LogP contribution in [-0.4, -0.2) is 42.2 Å². The van der Waals surface area contributed by atoms with Gasteiger partial charge in [-0.1, -0.05) is 6.92 Å². The van der Waals surface area contributed by atoms with Gasteiger partial charge in [0.15, 0.2) is 0 Å². The molecular formula is C9H13F3N2O4. The molecule has 0 aliphatic heterocycles. The van der Waals surface area contributed by atoms with Crippen molar-refractivity contribution in [2.45, 2.75) is 19.5 Å². The average molecular weight is 270 g/mol. The third-order valence-corrected chi connectivity index (χ3v) is 1.83. The highest BCUT2D eigenvalue weighted by Gasteiger charge is 2.28. The molecule has 0 heterocycles. The largest absolute Gasteiger partial charge is 0.481 e. The lowest BCUT2D eigenvalue weighted by atomic mass is 10.2. The Hall–Kier alpha value is -1.80. The van der Waals surface area contributed by atoms with E-state index in [1.807, 2.05) is 0 Å². The van der Waals surface area contributed by atoms with Crippen molar-refractivity contribution in [1.29, 1.82) is 0 Å². The Kier molecular flexibility index (Phi) is 6.14. The lowest BCUT2D eigenvalue weighted by molar-refractivity contribution is -0.141. The number of hydrogen-bond acceptors (Lipinski definition) is 3. The number of carbonyl (C=O) groups is 3. The molecule has 18 heavy (non-hydrogen) atoms. The van der Waals surface area contributed by atoms with Gasteiger partial charge in [0.25, 0.3) is 0 Å². The van der Waals surface area contributed by atoms with Crippen molar-refractivity contribution in [3.63, 3.8) is 0 Å². The van der Waals surface area contributed by atoms with Gasteiger partial charge in [0.2, 0.25) is 11.8 Å². The molecule has 104 valence electrons. The number of aliphatic carboxylic acids is 1. The summed E-state index contributed by atoms with van der Waals surface area (Å²) in [6, 6.07) is 0. The Labute approximate surface area is 101 Å². The van der Waals surface area contributed by atoms with Gasteiger partial charge in [-0.3, -0.25) is 14.4 Å². The number of halogens is 3. The van der Waals surface area contributed by atoms with E-state index in [1.54, 1.807) is 0 Å². The topological polar surface area (TPSA) is 95.5 Å². The van der Waals surface area contributed by atoms with Gasteiger partial charge < -0.3 is 15.7 Å². The highest BCUT2D eigenvalue weighted by Crippen LogP contribution is 2.12. The summed E-state index contributed by atoms with van der Waals surface area (Å²) in [4.78, 5) is 32.3. The van der Waals surface area contributed by atoms with Gasteiger partial charge in [0.05, 0.1) is 5.92 Å². The minimum atomic E-state index is -4.54. The van der Waals surface area contributed by atoms with Crippen molar-refractivity contribution in [1.82, 2.24) is 10.6 Å². The zero-order chi connectivity index (χ0) is 14.3. The Bertz CT molecular complexity index is 330. The highest BCUT2D eigenvalue weighted by molar-refractivity contribution is 5.96. The van der Waals surface area contributed by atoms with Gasteiger partial charge in [0, 0.05) is 6.54 Å². The van der Waals surface area contributed by atoms with Crippen LogP contribution in [0.25, 0.3) is 0 Å². The summed E-state index contributed by atoms with van der Waals surface area (Å²) in [6.45, 7) is -0.363. The van der Waals surface area contributed by atoms with E-state index in [1.165, 1.54) is 12.2 Å². The number of rotatable bonds is 6. The lowest BCUT2D eigenvalue weighted by Crippen LogP contribution is -2.38. The number of carboxylic acids is 1. The minimum Gasteiger partial charge on any atom is -0.481 e. The smallest absolute Gasteiger partial charge is 0.405 e. The second-order valence-corrected chi connectivity index (χ2v) is 3.61. The molecule has 0 aliphatic carbocycles. The Morgan fingerprint density at radius 1 is 1.17 bits per heavy atom. The fraction of sp³-hybridized carbons (Fsp3) is 0.667. The first-order chi connectivity index (χ1) is 8.11. The van der Waals surface area contributed by atoms with Gasteiger partial charge in [-0.15, -0.1) is 0 Å². The van der Waals surface area contributed by atoms with E-state index in [4.69, 9.17) is 5.11 Å². The predicted molar refractivity (Wildman–Crippen MR) is 53.5 cm³/mol. The summed E-state index contributed by atoms with van der Waals surface area (Å²) in [5.74, 6) is -3.88. The molecule has 1 atom stereocenters. The molecular weight excluding hydrogens is 257 g/mol. The number of amides is 2. The summed E-state index contributed by atoms with van der Waals surface area (Å²) in [5, 5.41) is 12.1. The maximum absolute atomic E-state index is 11.7. The molecule has 0 rings (SSSR count). The third kappa shape index (κ3) is 8.36. The van der Waals surface area contributed by atoms with Crippen molar-refractivity contribution in [3.8, 4) is 0 Å². The van der Waals surface area contributed by atoms with Crippen molar-refractivity contribution in [2.75, 3.05) is 13.1 Å². The molecule has 0 fully saturated rings. The first kappa shape index (κ1) is 16.2. The fourth-order valence-electron chi connectivity index (χ4n) is 0.824. The zero-order valence-electron chi connectivity index (χ0n) is 9.50. The normalized spacial score (nSPS) is 12.7. The minimum absolute atomic E-state index is 0.194.